The van der Waals surface area contributed by atoms with Crippen LogP contribution < -0.4 is 5.73 Å². The third-order valence-corrected chi connectivity index (χ3v) is 8.15. The molecule has 10 nitrogen and oxygen atoms in total. The summed E-state index contributed by atoms with van der Waals surface area (Å²) in [6.07, 6.45) is -2.23. The predicted octanol–water partition coefficient (Wildman–Crippen LogP) is 0.652. The highest BCUT2D eigenvalue weighted by Gasteiger charge is 2.71. The summed E-state index contributed by atoms with van der Waals surface area (Å²) >= 11 is 0. The number of esters is 1. The minimum absolute atomic E-state index is 0.128. The van der Waals surface area contributed by atoms with E-state index in [9.17, 15) is 39.0 Å². The highest BCUT2D eigenvalue weighted by Crippen LogP contribution is 2.54. The Hall–Kier alpha value is -4.18. The number of phenolic OH excluding ortho intramolecular Hbond substituents is 1. The molecule has 1 amide bonds. The molecule has 38 heavy (non-hydrogen) atoms. The molecule has 196 valence electrons. The molecular weight excluding hydrogens is 494 g/mol. The molecule has 0 spiro atoms. The molecule has 2 saturated carbocycles. The molecule has 4 N–H and O–H groups in total. The third kappa shape index (κ3) is 3.59. The van der Waals surface area contributed by atoms with Crippen LogP contribution in [0.25, 0.3) is 0 Å². The summed E-state index contributed by atoms with van der Waals surface area (Å²) in [7, 11) is 0. The molecular formula is C28H25NO9. The van der Waals surface area contributed by atoms with Gasteiger partial charge in [-0.15, -0.1) is 0 Å². The first-order valence-corrected chi connectivity index (χ1v) is 12.2. The van der Waals surface area contributed by atoms with Gasteiger partial charge in [0.15, 0.2) is 34.7 Å². The predicted molar refractivity (Wildman–Crippen MR) is 129 cm³/mol. The lowest BCUT2D eigenvalue weighted by atomic mass is 9.50. The summed E-state index contributed by atoms with van der Waals surface area (Å²) < 4.78 is 5.82. The van der Waals surface area contributed by atoms with E-state index in [0.717, 1.165) is 0 Å². The maximum atomic E-state index is 13.8. The van der Waals surface area contributed by atoms with E-state index in [-0.39, 0.29) is 17.7 Å². The lowest BCUT2D eigenvalue weighted by Gasteiger charge is -2.53. The maximum Gasteiger partial charge on any atom is 0.310 e. The van der Waals surface area contributed by atoms with E-state index in [1.54, 1.807) is 43.3 Å². The summed E-state index contributed by atoms with van der Waals surface area (Å²) in [5, 5.41) is 22.1. The minimum Gasteiger partial charge on any atom is -0.507 e. The van der Waals surface area contributed by atoms with E-state index in [0.29, 0.717) is 11.1 Å². The Labute approximate surface area is 216 Å². The number of amides is 1. The number of nitrogens with two attached hydrogens (primary N) is 1. The standard InChI is InChI=1S/C28H25NO9/c1-12-14-8-5-9-16(30)20(14)23(33)22-19(12)24(38-18(32)10-13-6-3-2-4-7-13)15-11-17(31)21(27(29)36)25(34)28(15,37)26(22)35/h2-9,12,15,19,21-22,24,30,37H,10-11H2,1H3,(H2,29,36)/t12-,15+,19+,21?,22?,24+,28+/m0/s1. The number of rotatable bonds is 4. The Morgan fingerprint density at radius 1 is 1.03 bits per heavy atom. The molecule has 3 aliphatic carbocycles. The molecule has 5 rings (SSSR count). The van der Waals surface area contributed by atoms with Crippen LogP contribution in [0.15, 0.2) is 48.5 Å². The molecule has 10 heteroatoms. The minimum atomic E-state index is -2.97. The number of primary amides is 1. The van der Waals surface area contributed by atoms with Crippen molar-refractivity contribution >= 4 is 35.0 Å². The number of hydrogen-bond acceptors (Lipinski definition) is 9. The van der Waals surface area contributed by atoms with Crippen molar-refractivity contribution in [1.82, 2.24) is 0 Å². The fourth-order valence-corrected chi connectivity index (χ4v) is 6.40. The van der Waals surface area contributed by atoms with Gasteiger partial charge in [-0.3, -0.25) is 28.8 Å². The van der Waals surface area contributed by atoms with Gasteiger partial charge in [-0.05, 0) is 23.1 Å². The lowest BCUT2D eigenvalue weighted by molar-refractivity contribution is -0.198. The van der Waals surface area contributed by atoms with Crippen LogP contribution >= 0.6 is 0 Å². The van der Waals surface area contributed by atoms with Gasteiger partial charge in [-0.25, -0.2) is 0 Å². The molecule has 0 saturated heterocycles. The monoisotopic (exact) mass is 519 g/mol. The van der Waals surface area contributed by atoms with Crippen LogP contribution in [0, 0.1) is 23.7 Å². The Balaban J connectivity index is 1.64. The number of aliphatic hydroxyl groups is 1. The van der Waals surface area contributed by atoms with Crippen LogP contribution in [0.2, 0.25) is 0 Å². The second kappa shape index (κ2) is 8.98. The van der Waals surface area contributed by atoms with Crippen LogP contribution in [-0.4, -0.2) is 56.9 Å². The zero-order chi connectivity index (χ0) is 27.5. The van der Waals surface area contributed by atoms with Crippen LogP contribution in [0.1, 0.15) is 40.7 Å². The van der Waals surface area contributed by atoms with E-state index < -0.39 is 82.7 Å². The Bertz CT molecular complexity index is 1400. The number of fused-ring (bicyclic) bond motifs is 3. The fraction of sp³-hybridized carbons (Fsp3) is 0.357. The van der Waals surface area contributed by atoms with Crippen LogP contribution in [0.3, 0.4) is 0 Å². The van der Waals surface area contributed by atoms with Gasteiger partial charge in [-0.2, -0.15) is 0 Å². The van der Waals surface area contributed by atoms with Crippen molar-refractivity contribution in [2.45, 2.75) is 37.4 Å². The SMILES string of the molecule is C[C@H]1c2cccc(O)c2C(=O)C2C(=O)[C@]3(O)C(=O)C(C(N)=O)C(=O)C[C@@H]3[C@@H](OC(=O)Cc3ccccc3)[C@@H]21. The number of carbonyl (C=O) groups excluding carboxylic acids is 6. The van der Waals surface area contributed by atoms with Crippen molar-refractivity contribution in [3.63, 3.8) is 0 Å². The normalized spacial score (nSPS) is 32.2. The van der Waals surface area contributed by atoms with Gasteiger partial charge in [0.1, 0.15) is 11.9 Å². The smallest absolute Gasteiger partial charge is 0.310 e. The van der Waals surface area contributed by atoms with Gasteiger partial charge in [-0.1, -0.05) is 49.4 Å². The van der Waals surface area contributed by atoms with Gasteiger partial charge < -0.3 is 20.7 Å². The summed E-state index contributed by atoms with van der Waals surface area (Å²) in [6, 6.07) is 13.0. The van der Waals surface area contributed by atoms with Gasteiger partial charge in [0.05, 0.1) is 17.9 Å². The molecule has 0 bridgehead atoms. The molecule has 2 fully saturated rings. The quantitative estimate of drug-likeness (QED) is 0.386. The summed E-state index contributed by atoms with van der Waals surface area (Å²) in [5.74, 6) is -13.8. The van der Waals surface area contributed by atoms with Crippen molar-refractivity contribution in [2.24, 2.45) is 29.4 Å². The first-order valence-electron chi connectivity index (χ1n) is 12.2. The van der Waals surface area contributed by atoms with Gasteiger partial charge in [0, 0.05) is 18.3 Å². The molecule has 3 aliphatic rings. The lowest BCUT2D eigenvalue weighted by Crippen LogP contribution is -2.73. The van der Waals surface area contributed by atoms with Crippen molar-refractivity contribution in [3.8, 4) is 5.75 Å². The Morgan fingerprint density at radius 2 is 1.71 bits per heavy atom. The second-order valence-electron chi connectivity index (χ2n) is 10.2. The van der Waals surface area contributed by atoms with E-state index >= 15 is 0 Å². The molecule has 0 heterocycles. The molecule has 0 aliphatic heterocycles. The number of aromatic hydroxyl groups is 1. The van der Waals surface area contributed by atoms with E-state index in [1.165, 1.54) is 12.1 Å². The van der Waals surface area contributed by atoms with Crippen molar-refractivity contribution < 1.29 is 43.7 Å². The second-order valence-corrected chi connectivity index (χ2v) is 10.2. The van der Waals surface area contributed by atoms with Crippen molar-refractivity contribution in [2.75, 3.05) is 0 Å². The molecule has 0 aromatic heterocycles. The van der Waals surface area contributed by atoms with Crippen molar-refractivity contribution in [3.05, 3.63) is 65.2 Å². The zero-order valence-corrected chi connectivity index (χ0v) is 20.3. The maximum absolute atomic E-state index is 13.8. The topological polar surface area (TPSA) is 178 Å². The third-order valence-electron chi connectivity index (χ3n) is 8.15. The summed E-state index contributed by atoms with van der Waals surface area (Å²) in [4.78, 5) is 78.7. The van der Waals surface area contributed by atoms with Crippen LogP contribution in [0.5, 0.6) is 5.75 Å². The van der Waals surface area contributed by atoms with Gasteiger partial charge in [0.2, 0.25) is 5.91 Å². The highest BCUT2D eigenvalue weighted by molar-refractivity contribution is 6.31. The molecule has 2 unspecified atom stereocenters. The van der Waals surface area contributed by atoms with E-state index in [2.05, 4.69) is 0 Å². The van der Waals surface area contributed by atoms with Crippen molar-refractivity contribution in [1.29, 1.82) is 0 Å². The van der Waals surface area contributed by atoms with Crippen LogP contribution in [0.4, 0.5) is 0 Å². The number of benzene rings is 2. The Kier molecular flexibility index (Phi) is 6.02. The number of carbonyl (C=O) groups is 6. The molecule has 2 aromatic rings. The summed E-state index contributed by atoms with van der Waals surface area (Å²) in [6.45, 7) is 1.68. The Morgan fingerprint density at radius 3 is 2.37 bits per heavy atom. The zero-order valence-electron chi connectivity index (χ0n) is 20.3. The van der Waals surface area contributed by atoms with Gasteiger partial charge in [0.25, 0.3) is 0 Å². The number of Topliss-reactive ketones (excluding diaryl/α,β-unsaturated/α-hetero) is 4. The summed E-state index contributed by atoms with van der Waals surface area (Å²) in [5.41, 5.74) is 3.17. The number of ketones is 4. The fourth-order valence-electron chi connectivity index (χ4n) is 6.40. The van der Waals surface area contributed by atoms with Crippen LogP contribution in [-0.2, 0) is 35.1 Å². The van der Waals surface area contributed by atoms with E-state index in [4.69, 9.17) is 10.5 Å². The highest BCUT2D eigenvalue weighted by atomic mass is 16.5. The van der Waals surface area contributed by atoms with Gasteiger partial charge >= 0.3 is 5.97 Å². The molecule has 0 radical (unpaired) electrons. The average molecular weight is 520 g/mol. The first-order chi connectivity index (χ1) is 18.0. The number of hydrogen-bond donors (Lipinski definition) is 3. The molecule has 7 atom stereocenters. The average Bonchev–Trinajstić information content (AvgIpc) is 2.86. The molecule has 2 aromatic carbocycles. The first kappa shape index (κ1) is 25.5. The largest absolute Gasteiger partial charge is 0.507 e. The number of ether oxygens (including phenoxy) is 1. The number of phenols is 1. The van der Waals surface area contributed by atoms with E-state index in [1.807, 2.05) is 0 Å².